The summed E-state index contributed by atoms with van der Waals surface area (Å²) in [4.78, 5) is 13.7. The van der Waals surface area contributed by atoms with Crippen LogP contribution in [0, 0.1) is 0 Å². The molecule has 1 saturated heterocycles. The third-order valence-corrected chi connectivity index (χ3v) is 3.72. The molecular formula is C14H15Cl2NO2. The van der Waals surface area contributed by atoms with Crippen molar-refractivity contribution in [2.24, 2.45) is 0 Å². The van der Waals surface area contributed by atoms with Crippen molar-refractivity contribution in [1.29, 1.82) is 0 Å². The van der Waals surface area contributed by atoms with Crippen molar-refractivity contribution in [3.63, 3.8) is 0 Å². The first kappa shape index (κ1) is 14.4. The molecule has 0 bridgehead atoms. The van der Waals surface area contributed by atoms with Crippen molar-refractivity contribution in [1.82, 2.24) is 4.90 Å². The van der Waals surface area contributed by atoms with Crippen LogP contribution in [0.3, 0.4) is 0 Å². The number of halogens is 2. The monoisotopic (exact) mass is 299 g/mol. The van der Waals surface area contributed by atoms with E-state index in [4.69, 9.17) is 23.2 Å². The molecule has 5 heteroatoms. The van der Waals surface area contributed by atoms with E-state index < -0.39 is 0 Å². The summed E-state index contributed by atoms with van der Waals surface area (Å²) < 4.78 is 0. The number of benzene rings is 1. The van der Waals surface area contributed by atoms with Gasteiger partial charge >= 0.3 is 0 Å². The molecule has 0 aliphatic carbocycles. The molecule has 2 rings (SSSR count). The molecule has 1 aliphatic heterocycles. The molecule has 0 radical (unpaired) electrons. The van der Waals surface area contributed by atoms with Gasteiger partial charge in [-0.15, -0.1) is 0 Å². The third kappa shape index (κ3) is 3.96. The molecule has 0 spiro atoms. The predicted molar refractivity (Wildman–Crippen MR) is 77.3 cm³/mol. The topological polar surface area (TPSA) is 40.5 Å². The Balaban J connectivity index is 2.02. The number of hydrogen-bond acceptors (Lipinski definition) is 2. The number of amides is 1. The molecule has 102 valence electrons. The van der Waals surface area contributed by atoms with Crippen LogP contribution in [0.15, 0.2) is 24.3 Å². The Hall–Kier alpha value is -1.03. The molecule has 1 amide bonds. The van der Waals surface area contributed by atoms with Crippen LogP contribution in [0.1, 0.15) is 18.4 Å². The first-order valence-corrected chi connectivity index (χ1v) is 6.92. The van der Waals surface area contributed by atoms with Gasteiger partial charge in [0.05, 0.1) is 6.10 Å². The molecule has 3 nitrogen and oxygen atoms in total. The summed E-state index contributed by atoms with van der Waals surface area (Å²) >= 11 is 11.9. The maximum Gasteiger partial charge on any atom is 0.246 e. The molecule has 1 aliphatic rings. The Labute approximate surface area is 122 Å². The van der Waals surface area contributed by atoms with Crippen LogP contribution >= 0.6 is 23.2 Å². The van der Waals surface area contributed by atoms with Crippen LogP contribution in [0.5, 0.6) is 0 Å². The van der Waals surface area contributed by atoms with Crippen LogP contribution in [-0.2, 0) is 4.79 Å². The third-order valence-electron chi connectivity index (χ3n) is 3.14. The number of carbonyl (C=O) groups is 1. The lowest BCUT2D eigenvalue weighted by Crippen LogP contribution is -2.39. The SMILES string of the molecule is O=C(C=Cc1cc(Cl)ccc1Cl)N1CCC(O)CC1. The van der Waals surface area contributed by atoms with Crippen molar-refractivity contribution < 1.29 is 9.90 Å². The summed E-state index contributed by atoms with van der Waals surface area (Å²) in [6.07, 6.45) is 4.15. The van der Waals surface area contributed by atoms with Crippen LogP contribution in [-0.4, -0.2) is 35.1 Å². The largest absolute Gasteiger partial charge is 0.393 e. The van der Waals surface area contributed by atoms with Gasteiger partial charge in [0.15, 0.2) is 0 Å². The van der Waals surface area contributed by atoms with E-state index in [1.54, 1.807) is 29.2 Å². The lowest BCUT2D eigenvalue weighted by Gasteiger charge is -2.28. The first-order valence-electron chi connectivity index (χ1n) is 6.16. The second-order valence-electron chi connectivity index (χ2n) is 4.56. The summed E-state index contributed by atoms with van der Waals surface area (Å²) in [6.45, 7) is 1.18. The van der Waals surface area contributed by atoms with Crippen LogP contribution < -0.4 is 0 Å². The molecule has 0 atom stereocenters. The Morgan fingerprint density at radius 3 is 2.68 bits per heavy atom. The number of nitrogens with zero attached hydrogens (tertiary/aromatic N) is 1. The highest BCUT2D eigenvalue weighted by molar-refractivity contribution is 6.34. The summed E-state index contributed by atoms with van der Waals surface area (Å²) in [5, 5.41) is 10.5. The van der Waals surface area contributed by atoms with E-state index in [0.717, 1.165) is 5.56 Å². The first-order chi connectivity index (χ1) is 9.06. The van der Waals surface area contributed by atoms with E-state index in [-0.39, 0.29) is 12.0 Å². The molecule has 1 heterocycles. The highest BCUT2D eigenvalue weighted by Gasteiger charge is 2.19. The van der Waals surface area contributed by atoms with E-state index in [9.17, 15) is 9.90 Å². The Bertz CT molecular complexity index is 494. The summed E-state index contributed by atoms with van der Waals surface area (Å²) in [5.74, 6) is -0.0667. The highest BCUT2D eigenvalue weighted by atomic mass is 35.5. The average molecular weight is 300 g/mol. The molecule has 0 saturated carbocycles. The zero-order chi connectivity index (χ0) is 13.8. The minimum absolute atomic E-state index is 0.0667. The summed E-state index contributed by atoms with van der Waals surface area (Å²) in [7, 11) is 0. The van der Waals surface area contributed by atoms with Crippen molar-refractivity contribution >= 4 is 35.2 Å². The number of likely N-dealkylation sites (tertiary alicyclic amines) is 1. The van der Waals surface area contributed by atoms with Gasteiger partial charge in [0.25, 0.3) is 0 Å². The van der Waals surface area contributed by atoms with Gasteiger partial charge in [-0.3, -0.25) is 4.79 Å². The molecule has 1 fully saturated rings. The van der Waals surface area contributed by atoms with E-state index in [2.05, 4.69) is 0 Å². The Kier molecular flexibility index (Phi) is 4.86. The molecule has 19 heavy (non-hydrogen) atoms. The number of aliphatic hydroxyl groups is 1. The second-order valence-corrected chi connectivity index (χ2v) is 5.40. The summed E-state index contributed by atoms with van der Waals surface area (Å²) in [5.41, 5.74) is 0.722. The van der Waals surface area contributed by atoms with E-state index >= 15 is 0 Å². The average Bonchev–Trinajstić information content (AvgIpc) is 2.40. The van der Waals surface area contributed by atoms with Crippen LogP contribution in [0.2, 0.25) is 10.0 Å². The zero-order valence-electron chi connectivity index (χ0n) is 10.4. The lowest BCUT2D eigenvalue weighted by molar-refractivity contribution is -0.127. The van der Waals surface area contributed by atoms with Gasteiger partial charge in [-0.2, -0.15) is 0 Å². The van der Waals surface area contributed by atoms with Gasteiger partial charge in [-0.25, -0.2) is 0 Å². The second kappa shape index (κ2) is 6.42. The Morgan fingerprint density at radius 1 is 1.32 bits per heavy atom. The molecule has 1 N–H and O–H groups in total. The zero-order valence-corrected chi connectivity index (χ0v) is 11.9. The molecular weight excluding hydrogens is 285 g/mol. The van der Waals surface area contributed by atoms with Gasteiger partial charge < -0.3 is 10.0 Å². The highest BCUT2D eigenvalue weighted by Crippen LogP contribution is 2.22. The number of rotatable bonds is 2. The quantitative estimate of drug-likeness (QED) is 0.853. The van der Waals surface area contributed by atoms with Gasteiger partial charge in [0, 0.05) is 29.2 Å². The number of hydrogen-bond donors (Lipinski definition) is 1. The van der Waals surface area contributed by atoms with Crippen molar-refractivity contribution in [2.45, 2.75) is 18.9 Å². The normalized spacial score (nSPS) is 17.1. The molecule has 0 unspecified atom stereocenters. The van der Waals surface area contributed by atoms with Gasteiger partial charge in [-0.1, -0.05) is 23.2 Å². The number of carbonyl (C=O) groups excluding carboxylic acids is 1. The van der Waals surface area contributed by atoms with Crippen molar-refractivity contribution in [3.8, 4) is 0 Å². The predicted octanol–water partition coefficient (Wildman–Crippen LogP) is 2.99. The maximum absolute atomic E-state index is 12.0. The van der Waals surface area contributed by atoms with Gasteiger partial charge in [0.2, 0.25) is 5.91 Å². The summed E-state index contributed by atoms with van der Waals surface area (Å²) in [6, 6.07) is 5.12. The standard InChI is InChI=1S/C14H15Cl2NO2/c15-11-2-3-13(16)10(9-11)1-4-14(19)17-7-5-12(18)6-8-17/h1-4,9,12,18H,5-8H2. The van der Waals surface area contributed by atoms with Gasteiger partial charge in [-0.05, 0) is 42.7 Å². The smallest absolute Gasteiger partial charge is 0.246 e. The van der Waals surface area contributed by atoms with E-state index in [1.165, 1.54) is 6.08 Å². The minimum atomic E-state index is -0.282. The molecule has 1 aromatic carbocycles. The van der Waals surface area contributed by atoms with Crippen LogP contribution in [0.25, 0.3) is 6.08 Å². The fraction of sp³-hybridized carbons (Fsp3) is 0.357. The maximum atomic E-state index is 12.0. The van der Waals surface area contributed by atoms with E-state index in [0.29, 0.717) is 36.0 Å². The number of piperidine rings is 1. The minimum Gasteiger partial charge on any atom is -0.393 e. The lowest BCUT2D eigenvalue weighted by atomic mass is 10.1. The molecule has 0 aromatic heterocycles. The Morgan fingerprint density at radius 2 is 2.00 bits per heavy atom. The fourth-order valence-electron chi connectivity index (χ4n) is 2.00. The van der Waals surface area contributed by atoms with Gasteiger partial charge in [0.1, 0.15) is 0 Å². The van der Waals surface area contributed by atoms with Crippen molar-refractivity contribution in [3.05, 3.63) is 39.9 Å². The molecule has 1 aromatic rings. The number of aliphatic hydroxyl groups excluding tert-OH is 1. The van der Waals surface area contributed by atoms with Crippen LogP contribution in [0.4, 0.5) is 0 Å². The van der Waals surface area contributed by atoms with Crippen molar-refractivity contribution in [2.75, 3.05) is 13.1 Å². The van der Waals surface area contributed by atoms with E-state index in [1.807, 2.05) is 0 Å². The fourth-order valence-corrected chi connectivity index (χ4v) is 2.36.